The van der Waals surface area contributed by atoms with E-state index in [0.29, 0.717) is 6.54 Å². The molecule has 0 radical (unpaired) electrons. The van der Waals surface area contributed by atoms with Crippen molar-refractivity contribution < 1.29 is 8.42 Å². The van der Waals surface area contributed by atoms with Gasteiger partial charge in [-0.05, 0) is 26.4 Å². The number of rotatable bonds is 8. The summed E-state index contributed by atoms with van der Waals surface area (Å²) in [6, 6.07) is 0. The lowest BCUT2D eigenvalue weighted by atomic mass is 10.3. The van der Waals surface area contributed by atoms with Crippen LogP contribution in [0.4, 0.5) is 0 Å². The smallest absolute Gasteiger partial charge is 0.208 e. The summed E-state index contributed by atoms with van der Waals surface area (Å²) in [5.74, 6) is 0. The Kier molecular flexibility index (Phi) is 6.78. The fourth-order valence-corrected chi connectivity index (χ4v) is 1.55. The Morgan fingerprint density at radius 3 is 2.57 bits per heavy atom. The molecule has 84 valence electrons. The maximum Gasteiger partial charge on any atom is 0.208 e. The number of hydrogen-bond acceptors (Lipinski definition) is 3. The lowest BCUT2D eigenvalue weighted by molar-refractivity contribution is 0.336. The molecular formula is C9H20N2O2S. The Labute approximate surface area is 87.0 Å². The van der Waals surface area contributed by atoms with Crippen molar-refractivity contribution >= 4 is 10.0 Å². The molecule has 0 fully saturated rings. The summed E-state index contributed by atoms with van der Waals surface area (Å²) in [4.78, 5) is 2.16. The van der Waals surface area contributed by atoms with Crippen LogP contribution in [0, 0.1) is 0 Å². The molecule has 0 aromatic carbocycles. The first kappa shape index (κ1) is 13.6. The molecule has 14 heavy (non-hydrogen) atoms. The number of sulfonamides is 1. The fourth-order valence-electron chi connectivity index (χ4n) is 1.03. The highest BCUT2D eigenvalue weighted by molar-refractivity contribution is 7.88. The van der Waals surface area contributed by atoms with Crippen LogP contribution in [0.5, 0.6) is 0 Å². The van der Waals surface area contributed by atoms with Gasteiger partial charge in [-0.25, -0.2) is 13.1 Å². The predicted octanol–water partition coefficient (Wildman–Crippen LogP) is 0.434. The molecule has 0 aromatic heterocycles. The van der Waals surface area contributed by atoms with E-state index in [0.717, 1.165) is 25.9 Å². The molecule has 0 unspecified atom stereocenters. The van der Waals surface area contributed by atoms with Gasteiger partial charge >= 0.3 is 0 Å². The standard InChI is InChI=1S/C9H20N2O2S/c1-4-5-8-11(2)9-6-7-10-14(3,12)13/h4,10H,1,5-9H2,2-3H3. The molecule has 4 nitrogen and oxygen atoms in total. The highest BCUT2D eigenvalue weighted by Crippen LogP contribution is 1.90. The Hall–Kier alpha value is -0.390. The molecule has 0 amide bonds. The van der Waals surface area contributed by atoms with Gasteiger partial charge in [-0.3, -0.25) is 0 Å². The first-order valence-corrected chi connectivity index (χ1v) is 6.59. The van der Waals surface area contributed by atoms with Crippen molar-refractivity contribution in [3.8, 4) is 0 Å². The van der Waals surface area contributed by atoms with Crippen LogP contribution < -0.4 is 4.72 Å². The summed E-state index contributed by atoms with van der Waals surface area (Å²) in [7, 11) is -1.01. The van der Waals surface area contributed by atoms with Crippen LogP contribution >= 0.6 is 0 Å². The van der Waals surface area contributed by atoms with Crippen LogP contribution in [0.3, 0.4) is 0 Å². The van der Waals surface area contributed by atoms with Crippen molar-refractivity contribution in [3.05, 3.63) is 12.7 Å². The predicted molar refractivity (Wildman–Crippen MR) is 59.8 cm³/mol. The second kappa shape index (κ2) is 6.98. The highest BCUT2D eigenvalue weighted by atomic mass is 32.2. The molecule has 0 saturated carbocycles. The lowest BCUT2D eigenvalue weighted by Gasteiger charge is -2.14. The molecule has 1 N–H and O–H groups in total. The topological polar surface area (TPSA) is 49.4 Å². The van der Waals surface area contributed by atoms with Crippen molar-refractivity contribution in [1.82, 2.24) is 9.62 Å². The molecule has 0 atom stereocenters. The van der Waals surface area contributed by atoms with Crippen molar-refractivity contribution in [2.24, 2.45) is 0 Å². The summed E-state index contributed by atoms with van der Waals surface area (Å²) < 4.78 is 23.9. The zero-order chi connectivity index (χ0) is 11.0. The highest BCUT2D eigenvalue weighted by Gasteiger charge is 2.00. The second-order valence-corrected chi connectivity index (χ2v) is 5.23. The zero-order valence-corrected chi connectivity index (χ0v) is 9.81. The van der Waals surface area contributed by atoms with Gasteiger partial charge < -0.3 is 4.90 Å². The lowest BCUT2D eigenvalue weighted by Crippen LogP contribution is -2.27. The minimum absolute atomic E-state index is 0.511. The molecule has 0 aromatic rings. The van der Waals surface area contributed by atoms with E-state index in [2.05, 4.69) is 16.2 Å². The molecule has 0 rings (SSSR count). The van der Waals surface area contributed by atoms with Crippen LogP contribution in [0.2, 0.25) is 0 Å². The molecule has 5 heteroatoms. The van der Waals surface area contributed by atoms with Gasteiger partial charge in [0.2, 0.25) is 10.0 Å². The zero-order valence-electron chi connectivity index (χ0n) is 8.99. The third-order valence-corrected chi connectivity index (χ3v) is 2.52. The van der Waals surface area contributed by atoms with Crippen LogP contribution in [0.25, 0.3) is 0 Å². The van der Waals surface area contributed by atoms with E-state index in [1.165, 1.54) is 6.26 Å². The molecule has 0 saturated heterocycles. The second-order valence-electron chi connectivity index (χ2n) is 3.40. The molecule has 0 bridgehead atoms. The minimum atomic E-state index is -3.02. The molecule has 0 aliphatic carbocycles. The number of nitrogens with one attached hydrogen (secondary N) is 1. The summed E-state index contributed by atoms with van der Waals surface area (Å²) in [6.07, 6.45) is 4.86. The largest absolute Gasteiger partial charge is 0.306 e. The van der Waals surface area contributed by atoms with Crippen LogP contribution in [0.15, 0.2) is 12.7 Å². The third-order valence-electron chi connectivity index (χ3n) is 1.80. The molecule has 0 heterocycles. The van der Waals surface area contributed by atoms with Crippen molar-refractivity contribution in [3.63, 3.8) is 0 Å². The normalized spacial score (nSPS) is 11.9. The summed E-state index contributed by atoms with van der Waals surface area (Å²) in [5, 5.41) is 0. The Balaban J connectivity index is 3.40. The Morgan fingerprint density at radius 2 is 2.07 bits per heavy atom. The molecule has 0 aliphatic rings. The minimum Gasteiger partial charge on any atom is -0.306 e. The maximum absolute atomic E-state index is 10.7. The average molecular weight is 220 g/mol. The number of hydrogen-bond donors (Lipinski definition) is 1. The molecule has 0 spiro atoms. The Bertz CT molecular complexity index is 250. The van der Waals surface area contributed by atoms with Crippen LogP contribution in [-0.2, 0) is 10.0 Å². The number of nitrogens with zero attached hydrogens (tertiary/aromatic N) is 1. The van der Waals surface area contributed by atoms with Crippen molar-refractivity contribution in [2.45, 2.75) is 12.8 Å². The van der Waals surface area contributed by atoms with Gasteiger partial charge in [0.15, 0.2) is 0 Å². The summed E-state index contributed by atoms with van der Waals surface area (Å²) in [6.45, 7) is 6.03. The maximum atomic E-state index is 10.7. The van der Waals surface area contributed by atoms with Crippen molar-refractivity contribution in [2.75, 3.05) is 32.9 Å². The van der Waals surface area contributed by atoms with Gasteiger partial charge in [-0.1, -0.05) is 6.08 Å². The van der Waals surface area contributed by atoms with Gasteiger partial charge in [-0.15, -0.1) is 6.58 Å². The SMILES string of the molecule is C=CCCN(C)CCCNS(C)(=O)=O. The van der Waals surface area contributed by atoms with E-state index < -0.39 is 10.0 Å². The van der Waals surface area contributed by atoms with Crippen molar-refractivity contribution in [1.29, 1.82) is 0 Å². The van der Waals surface area contributed by atoms with Gasteiger partial charge in [0.1, 0.15) is 0 Å². The summed E-state index contributed by atoms with van der Waals surface area (Å²) in [5.41, 5.74) is 0. The average Bonchev–Trinajstić information content (AvgIpc) is 2.07. The Morgan fingerprint density at radius 1 is 1.43 bits per heavy atom. The van der Waals surface area contributed by atoms with Gasteiger partial charge in [0, 0.05) is 13.1 Å². The van der Waals surface area contributed by atoms with Gasteiger partial charge in [-0.2, -0.15) is 0 Å². The van der Waals surface area contributed by atoms with E-state index >= 15 is 0 Å². The fraction of sp³-hybridized carbons (Fsp3) is 0.778. The van der Waals surface area contributed by atoms with Gasteiger partial charge in [0.25, 0.3) is 0 Å². The first-order chi connectivity index (χ1) is 6.45. The monoisotopic (exact) mass is 220 g/mol. The quantitative estimate of drug-likeness (QED) is 0.477. The van der Waals surface area contributed by atoms with E-state index in [1.807, 2.05) is 13.1 Å². The van der Waals surface area contributed by atoms with Crippen LogP contribution in [0.1, 0.15) is 12.8 Å². The molecular weight excluding hydrogens is 200 g/mol. The van der Waals surface area contributed by atoms with E-state index in [4.69, 9.17) is 0 Å². The van der Waals surface area contributed by atoms with E-state index in [9.17, 15) is 8.42 Å². The van der Waals surface area contributed by atoms with Crippen LogP contribution in [-0.4, -0.2) is 46.3 Å². The van der Waals surface area contributed by atoms with E-state index in [1.54, 1.807) is 0 Å². The van der Waals surface area contributed by atoms with Gasteiger partial charge in [0.05, 0.1) is 6.26 Å². The third kappa shape index (κ3) is 9.70. The summed E-state index contributed by atoms with van der Waals surface area (Å²) >= 11 is 0. The molecule has 0 aliphatic heterocycles. The first-order valence-electron chi connectivity index (χ1n) is 4.70. The van der Waals surface area contributed by atoms with E-state index in [-0.39, 0.29) is 0 Å².